The number of anilines is 1. The second kappa shape index (κ2) is 9.56. The number of carbonyl (C=O) groups excluding carboxylic acids is 2. The molecule has 6 heteroatoms. The van der Waals surface area contributed by atoms with E-state index in [1.165, 1.54) is 0 Å². The fourth-order valence-electron chi connectivity index (χ4n) is 3.21. The summed E-state index contributed by atoms with van der Waals surface area (Å²) in [5.41, 5.74) is 2.84. The Balaban J connectivity index is 1.56. The van der Waals surface area contributed by atoms with Crippen LogP contribution in [0.15, 0.2) is 54.6 Å². The third-order valence-corrected chi connectivity index (χ3v) is 5.03. The minimum Gasteiger partial charge on any atom is -0.332 e. The smallest absolute Gasteiger partial charge is 0.315 e. The van der Waals surface area contributed by atoms with Crippen LogP contribution in [0.4, 0.5) is 10.5 Å². The summed E-state index contributed by atoms with van der Waals surface area (Å²) in [4.78, 5) is 26.5. The first kappa shape index (κ1) is 20.9. The highest BCUT2D eigenvalue weighted by atomic mass is 16.2. The molecule has 1 fully saturated rings. The standard InChI is InChI=1S/C23H30N4O2/c1-16(17-11-13-20(14-12-17)25-22(28)19-9-10-19)24-23(29)26-21(15-27(2)3)18-7-5-4-6-8-18/h4-8,11-14,16,19,21H,9-10,15H2,1-3H3,(H,25,28)(H2,24,26,29). The highest BCUT2D eigenvalue weighted by Gasteiger charge is 2.29. The maximum absolute atomic E-state index is 12.6. The predicted octanol–water partition coefficient (Wildman–Crippen LogP) is 3.70. The van der Waals surface area contributed by atoms with Gasteiger partial charge in [-0.1, -0.05) is 42.5 Å². The van der Waals surface area contributed by atoms with Crippen LogP contribution >= 0.6 is 0 Å². The molecule has 1 aliphatic carbocycles. The number of benzene rings is 2. The largest absolute Gasteiger partial charge is 0.332 e. The Labute approximate surface area is 172 Å². The van der Waals surface area contributed by atoms with E-state index in [0.29, 0.717) is 6.54 Å². The van der Waals surface area contributed by atoms with E-state index in [9.17, 15) is 9.59 Å². The Morgan fingerprint density at radius 2 is 1.62 bits per heavy atom. The van der Waals surface area contributed by atoms with Crippen LogP contribution in [0, 0.1) is 5.92 Å². The van der Waals surface area contributed by atoms with Gasteiger partial charge >= 0.3 is 6.03 Å². The molecule has 3 rings (SSSR count). The summed E-state index contributed by atoms with van der Waals surface area (Å²) in [5.74, 6) is 0.273. The molecule has 0 radical (unpaired) electrons. The van der Waals surface area contributed by atoms with Crippen molar-refractivity contribution in [2.75, 3.05) is 26.0 Å². The quantitative estimate of drug-likeness (QED) is 0.639. The zero-order valence-electron chi connectivity index (χ0n) is 17.3. The van der Waals surface area contributed by atoms with Crippen LogP contribution in [0.3, 0.4) is 0 Å². The van der Waals surface area contributed by atoms with Gasteiger partial charge < -0.3 is 20.9 Å². The highest BCUT2D eigenvalue weighted by molar-refractivity contribution is 5.94. The van der Waals surface area contributed by atoms with Crippen molar-refractivity contribution < 1.29 is 9.59 Å². The molecule has 0 bridgehead atoms. The first-order valence-electron chi connectivity index (χ1n) is 10.1. The Bertz CT molecular complexity index is 817. The van der Waals surface area contributed by atoms with Gasteiger partial charge in [0, 0.05) is 18.2 Å². The molecule has 0 aromatic heterocycles. The van der Waals surface area contributed by atoms with Crippen LogP contribution in [0.25, 0.3) is 0 Å². The molecule has 29 heavy (non-hydrogen) atoms. The van der Waals surface area contributed by atoms with Gasteiger partial charge in [0.15, 0.2) is 0 Å². The van der Waals surface area contributed by atoms with Crippen molar-refractivity contribution in [1.29, 1.82) is 0 Å². The first-order valence-corrected chi connectivity index (χ1v) is 10.1. The summed E-state index contributed by atoms with van der Waals surface area (Å²) in [7, 11) is 3.98. The summed E-state index contributed by atoms with van der Waals surface area (Å²) < 4.78 is 0. The average Bonchev–Trinajstić information content (AvgIpc) is 3.53. The lowest BCUT2D eigenvalue weighted by atomic mass is 10.1. The Kier molecular flexibility index (Phi) is 6.88. The second-order valence-electron chi connectivity index (χ2n) is 7.95. The number of hydrogen-bond acceptors (Lipinski definition) is 3. The number of amides is 3. The SMILES string of the molecule is CC(NC(=O)NC(CN(C)C)c1ccccc1)c1ccc(NC(=O)C2CC2)cc1. The molecule has 3 amide bonds. The Hall–Kier alpha value is -2.86. The predicted molar refractivity (Wildman–Crippen MR) is 116 cm³/mol. The Morgan fingerprint density at radius 1 is 0.966 bits per heavy atom. The van der Waals surface area contributed by atoms with Crippen molar-refractivity contribution in [3.8, 4) is 0 Å². The third-order valence-electron chi connectivity index (χ3n) is 5.03. The molecule has 2 aromatic rings. The van der Waals surface area contributed by atoms with E-state index in [2.05, 4.69) is 20.9 Å². The molecule has 1 saturated carbocycles. The maximum Gasteiger partial charge on any atom is 0.315 e. The molecule has 2 atom stereocenters. The number of urea groups is 1. The highest BCUT2D eigenvalue weighted by Crippen LogP contribution is 2.30. The van der Waals surface area contributed by atoms with Crippen molar-refractivity contribution in [2.45, 2.75) is 31.8 Å². The summed E-state index contributed by atoms with van der Waals surface area (Å²) in [6.07, 6.45) is 1.97. The summed E-state index contributed by atoms with van der Waals surface area (Å²) >= 11 is 0. The van der Waals surface area contributed by atoms with Gasteiger partial charge in [0.25, 0.3) is 0 Å². The number of likely N-dealkylation sites (N-methyl/N-ethyl adjacent to an activating group) is 1. The Morgan fingerprint density at radius 3 is 2.21 bits per heavy atom. The van der Waals surface area contributed by atoms with Crippen LogP contribution in [-0.2, 0) is 4.79 Å². The van der Waals surface area contributed by atoms with Gasteiger partial charge in [0.2, 0.25) is 5.91 Å². The molecule has 154 valence electrons. The molecule has 3 N–H and O–H groups in total. The van der Waals surface area contributed by atoms with E-state index in [-0.39, 0.29) is 29.9 Å². The fraction of sp³-hybridized carbons (Fsp3) is 0.391. The normalized spacial score (nSPS) is 15.4. The monoisotopic (exact) mass is 394 g/mol. The fourth-order valence-corrected chi connectivity index (χ4v) is 3.21. The van der Waals surface area contributed by atoms with Gasteiger partial charge in [-0.2, -0.15) is 0 Å². The molecule has 2 aromatic carbocycles. The molecule has 2 unspecified atom stereocenters. The maximum atomic E-state index is 12.6. The lowest BCUT2D eigenvalue weighted by Crippen LogP contribution is -2.42. The van der Waals surface area contributed by atoms with Crippen LogP contribution in [0.1, 0.15) is 43.0 Å². The van der Waals surface area contributed by atoms with Crippen molar-refractivity contribution >= 4 is 17.6 Å². The van der Waals surface area contributed by atoms with E-state index in [0.717, 1.165) is 29.7 Å². The minimum absolute atomic E-state index is 0.0937. The van der Waals surface area contributed by atoms with Gasteiger partial charge in [-0.15, -0.1) is 0 Å². The molecular weight excluding hydrogens is 364 g/mol. The minimum atomic E-state index is -0.209. The number of nitrogens with one attached hydrogen (secondary N) is 3. The molecule has 0 aliphatic heterocycles. The second-order valence-corrected chi connectivity index (χ2v) is 7.95. The van der Waals surface area contributed by atoms with E-state index in [4.69, 9.17) is 0 Å². The molecular formula is C23H30N4O2. The lowest BCUT2D eigenvalue weighted by molar-refractivity contribution is -0.117. The van der Waals surface area contributed by atoms with Gasteiger partial charge in [-0.3, -0.25) is 4.79 Å². The van der Waals surface area contributed by atoms with Crippen molar-refractivity contribution in [3.05, 3.63) is 65.7 Å². The summed E-state index contributed by atoms with van der Waals surface area (Å²) in [5, 5.41) is 9.01. The van der Waals surface area contributed by atoms with Gasteiger partial charge in [0.1, 0.15) is 0 Å². The van der Waals surface area contributed by atoms with E-state index in [1.807, 2.05) is 75.6 Å². The van der Waals surface area contributed by atoms with Gasteiger partial charge in [0.05, 0.1) is 12.1 Å². The average molecular weight is 395 g/mol. The summed E-state index contributed by atoms with van der Waals surface area (Å²) in [6, 6.07) is 17.1. The van der Waals surface area contributed by atoms with E-state index >= 15 is 0 Å². The van der Waals surface area contributed by atoms with Gasteiger partial charge in [-0.05, 0) is 57.1 Å². The molecule has 6 nitrogen and oxygen atoms in total. The molecule has 0 heterocycles. The van der Waals surface area contributed by atoms with E-state index in [1.54, 1.807) is 0 Å². The number of hydrogen-bond donors (Lipinski definition) is 3. The lowest BCUT2D eigenvalue weighted by Gasteiger charge is -2.24. The molecule has 0 spiro atoms. The van der Waals surface area contributed by atoms with Crippen LogP contribution in [-0.4, -0.2) is 37.5 Å². The van der Waals surface area contributed by atoms with Crippen LogP contribution in [0.5, 0.6) is 0 Å². The van der Waals surface area contributed by atoms with Crippen LogP contribution < -0.4 is 16.0 Å². The zero-order valence-corrected chi connectivity index (χ0v) is 17.3. The number of carbonyl (C=O) groups is 2. The number of rotatable bonds is 8. The third kappa shape index (κ3) is 6.32. The molecule has 0 saturated heterocycles. The summed E-state index contributed by atoms with van der Waals surface area (Å²) in [6.45, 7) is 2.65. The number of nitrogens with zero attached hydrogens (tertiary/aromatic N) is 1. The topological polar surface area (TPSA) is 73.5 Å². The molecule has 1 aliphatic rings. The van der Waals surface area contributed by atoms with Crippen molar-refractivity contribution in [3.63, 3.8) is 0 Å². The van der Waals surface area contributed by atoms with E-state index < -0.39 is 0 Å². The zero-order chi connectivity index (χ0) is 20.8. The van der Waals surface area contributed by atoms with Gasteiger partial charge in [-0.25, -0.2) is 4.79 Å². The van der Waals surface area contributed by atoms with Crippen molar-refractivity contribution in [1.82, 2.24) is 15.5 Å². The first-order chi connectivity index (χ1) is 13.9. The van der Waals surface area contributed by atoms with Crippen molar-refractivity contribution in [2.24, 2.45) is 5.92 Å². The van der Waals surface area contributed by atoms with Crippen LogP contribution in [0.2, 0.25) is 0 Å².